The highest BCUT2D eigenvalue weighted by atomic mass is 19.4. The largest absolute Gasteiger partial charge is 0.416 e. The predicted molar refractivity (Wildman–Crippen MR) is 64.4 cm³/mol. The minimum atomic E-state index is -4.43. The maximum absolute atomic E-state index is 12.7. The molecular formula is C13H16F3NO2. The Balaban J connectivity index is 2.27. The first-order chi connectivity index (χ1) is 8.89. The summed E-state index contributed by atoms with van der Waals surface area (Å²) in [6, 6.07) is 3.06. The molecule has 3 N–H and O–H groups in total. The fourth-order valence-corrected chi connectivity index (χ4v) is 2.29. The number of anilines is 1. The Bertz CT molecular complexity index is 442. The summed E-state index contributed by atoms with van der Waals surface area (Å²) in [5.41, 5.74) is 5.23. The molecule has 1 saturated heterocycles. The first-order valence-corrected chi connectivity index (χ1v) is 6.12. The molecule has 1 aromatic carbocycles. The third-order valence-electron chi connectivity index (χ3n) is 3.45. The van der Waals surface area contributed by atoms with Gasteiger partial charge in [0, 0.05) is 24.5 Å². The van der Waals surface area contributed by atoms with Crippen molar-refractivity contribution in [3.8, 4) is 0 Å². The van der Waals surface area contributed by atoms with Crippen LogP contribution in [0.4, 0.5) is 18.9 Å². The summed E-state index contributed by atoms with van der Waals surface area (Å²) in [6.07, 6.45) is -4.17. The number of aliphatic hydroxyl groups excluding tert-OH is 1. The van der Waals surface area contributed by atoms with Crippen LogP contribution in [0.3, 0.4) is 0 Å². The van der Waals surface area contributed by atoms with Gasteiger partial charge >= 0.3 is 6.18 Å². The fraction of sp³-hybridized carbons (Fsp3) is 0.538. The smallest absolute Gasteiger partial charge is 0.398 e. The normalized spacial score (nSPS) is 19.4. The van der Waals surface area contributed by atoms with Gasteiger partial charge in [0.1, 0.15) is 0 Å². The lowest BCUT2D eigenvalue weighted by Crippen LogP contribution is -2.23. The number of halogens is 3. The lowest BCUT2D eigenvalue weighted by Gasteiger charge is -2.28. The Labute approximate surface area is 109 Å². The Morgan fingerprint density at radius 2 is 1.89 bits per heavy atom. The number of ether oxygens (including phenoxy) is 1. The maximum atomic E-state index is 12.7. The van der Waals surface area contributed by atoms with Gasteiger partial charge in [-0.1, -0.05) is 0 Å². The van der Waals surface area contributed by atoms with Crippen molar-refractivity contribution in [2.75, 3.05) is 18.9 Å². The Kier molecular flexibility index (Phi) is 4.01. The molecular weight excluding hydrogens is 259 g/mol. The number of aliphatic hydroxyl groups is 1. The molecule has 0 aromatic heterocycles. The van der Waals surface area contributed by atoms with E-state index in [4.69, 9.17) is 10.5 Å². The van der Waals surface area contributed by atoms with E-state index in [0.717, 1.165) is 12.1 Å². The van der Waals surface area contributed by atoms with E-state index in [1.807, 2.05) is 0 Å². The van der Waals surface area contributed by atoms with Gasteiger partial charge in [-0.25, -0.2) is 0 Å². The molecule has 6 heteroatoms. The molecule has 106 valence electrons. The van der Waals surface area contributed by atoms with E-state index in [1.165, 1.54) is 6.07 Å². The summed E-state index contributed by atoms with van der Waals surface area (Å²) in [4.78, 5) is 0. The Hall–Kier alpha value is -1.27. The lowest BCUT2D eigenvalue weighted by atomic mass is 9.88. The van der Waals surface area contributed by atoms with Gasteiger partial charge < -0.3 is 15.6 Å². The summed E-state index contributed by atoms with van der Waals surface area (Å²) in [5, 5.41) is 10.2. The molecule has 19 heavy (non-hydrogen) atoms. The van der Waals surface area contributed by atoms with Gasteiger partial charge in [-0.2, -0.15) is 13.2 Å². The van der Waals surface area contributed by atoms with E-state index in [0.29, 0.717) is 26.1 Å². The summed E-state index contributed by atoms with van der Waals surface area (Å²) < 4.78 is 43.2. The molecule has 1 aliphatic heterocycles. The molecule has 0 saturated carbocycles. The van der Waals surface area contributed by atoms with Crippen LogP contribution in [0.1, 0.15) is 30.1 Å². The van der Waals surface area contributed by atoms with Crippen LogP contribution < -0.4 is 5.73 Å². The highest BCUT2D eigenvalue weighted by Gasteiger charge is 2.33. The predicted octanol–water partition coefficient (Wildman–Crippen LogP) is 2.75. The van der Waals surface area contributed by atoms with Crippen LogP contribution in [-0.2, 0) is 10.9 Å². The van der Waals surface area contributed by atoms with Crippen LogP contribution in [0.2, 0.25) is 0 Å². The second kappa shape index (κ2) is 5.38. The van der Waals surface area contributed by atoms with Crippen molar-refractivity contribution in [3.63, 3.8) is 0 Å². The highest BCUT2D eigenvalue weighted by molar-refractivity contribution is 5.50. The quantitative estimate of drug-likeness (QED) is 0.816. The van der Waals surface area contributed by atoms with Crippen molar-refractivity contribution in [3.05, 3.63) is 29.3 Å². The third-order valence-corrected chi connectivity index (χ3v) is 3.45. The van der Waals surface area contributed by atoms with Gasteiger partial charge in [-0.15, -0.1) is 0 Å². The van der Waals surface area contributed by atoms with Gasteiger partial charge in [0.05, 0.1) is 11.7 Å². The summed E-state index contributed by atoms with van der Waals surface area (Å²) in [6.45, 7) is 1.03. The summed E-state index contributed by atoms with van der Waals surface area (Å²) >= 11 is 0. The topological polar surface area (TPSA) is 55.5 Å². The second-order valence-corrected chi connectivity index (χ2v) is 4.74. The number of benzene rings is 1. The fourth-order valence-electron chi connectivity index (χ4n) is 2.29. The number of nitrogens with two attached hydrogens (primary N) is 1. The third kappa shape index (κ3) is 3.19. The zero-order valence-electron chi connectivity index (χ0n) is 10.3. The Morgan fingerprint density at radius 1 is 1.26 bits per heavy atom. The minimum Gasteiger partial charge on any atom is -0.398 e. The van der Waals surface area contributed by atoms with Gasteiger partial charge in [-0.3, -0.25) is 0 Å². The molecule has 0 bridgehead atoms. The first-order valence-electron chi connectivity index (χ1n) is 6.12. The maximum Gasteiger partial charge on any atom is 0.416 e. The molecule has 1 aromatic rings. The Morgan fingerprint density at radius 3 is 2.47 bits per heavy atom. The van der Waals surface area contributed by atoms with Crippen LogP contribution >= 0.6 is 0 Å². The molecule has 0 radical (unpaired) electrons. The average Bonchev–Trinajstić information content (AvgIpc) is 2.38. The second-order valence-electron chi connectivity index (χ2n) is 4.74. The molecule has 0 amide bonds. The lowest BCUT2D eigenvalue weighted by molar-refractivity contribution is -0.137. The summed E-state index contributed by atoms with van der Waals surface area (Å²) in [5.74, 6) is -0.112. The summed E-state index contributed by atoms with van der Waals surface area (Å²) in [7, 11) is 0. The van der Waals surface area contributed by atoms with E-state index >= 15 is 0 Å². The van der Waals surface area contributed by atoms with E-state index in [9.17, 15) is 18.3 Å². The van der Waals surface area contributed by atoms with Crippen molar-refractivity contribution < 1.29 is 23.0 Å². The molecule has 1 heterocycles. The van der Waals surface area contributed by atoms with E-state index in [2.05, 4.69) is 0 Å². The molecule has 3 nitrogen and oxygen atoms in total. The van der Waals surface area contributed by atoms with Gasteiger partial charge in [-0.05, 0) is 37.0 Å². The molecule has 0 spiro atoms. The standard InChI is InChI=1S/C13H16F3NO2/c14-13(15,16)9-1-2-11(17)10(7-9)12(18)8-3-5-19-6-4-8/h1-2,7-8,12,18H,3-6,17H2. The molecule has 1 atom stereocenters. The van der Waals surface area contributed by atoms with E-state index in [1.54, 1.807) is 0 Å². The van der Waals surface area contributed by atoms with Crippen molar-refractivity contribution in [2.45, 2.75) is 25.1 Å². The minimum absolute atomic E-state index is 0.112. The first kappa shape index (κ1) is 14.1. The van der Waals surface area contributed by atoms with Gasteiger partial charge in [0.2, 0.25) is 0 Å². The molecule has 1 aliphatic rings. The van der Waals surface area contributed by atoms with Crippen LogP contribution in [0.5, 0.6) is 0 Å². The van der Waals surface area contributed by atoms with Crippen molar-refractivity contribution in [2.24, 2.45) is 5.92 Å². The number of nitrogen functional groups attached to an aromatic ring is 1. The zero-order chi connectivity index (χ0) is 14.0. The van der Waals surface area contributed by atoms with Crippen LogP contribution in [0.15, 0.2) is 18.2 Å². The van der Waals surface area contributed by atoms with Crippen molar-refractivity contribution >= 4 is 5.69 Å². The molecule has 0 aliphatic carbocycles. The van der Waals surface area contributed by atoms with E-state index < -0.39 is 17.8 Å². The van der Waals surface area contributed by atoms with Crippen molar-refractivity contribution in [1.82, 2.24) is 0 Å². The SMILES string of the molecule is Nc1ccc(C(F)(F)F)cc1C(O)C1CCOCC1. The molecule has 2 rings (SSSR count). The molecule has 1 fully saturated rings. The molecule has 1 unspecified atom stereocenters. The highest BCUT2D eigenvalue weighted by Crippen LogP contribution is 2.37. The van der Waals surface area contributed by atoms with Gasteiger partial charge in [0.25, 0.3) is 0 Å². The number of alkyl halides is 3. The number of hydrogen-bond donors (Lipinski definition) is 2. The number of rotatable bonds is 2. The van der Waals surface area contributed by atoms with E-state index in [-0.39, 0.29) is 17.2 Å². The van der Waals surface area contributed by atoms with Crippen LogP contribution in [0, 0.1) is 5.92 Å². The zero-order valence-corrected chi connectivity index (χ0v) is 10.3. The van der Waals surface area contributed by atoms with Crippen molar-refractivity contribution in [1.29, 1.82) is 0 Å². The van der Waals surface area contributed by atoms with Crippen LogP contribution in [-0.4, -0.2) is 18.3 Å². The van der Waals surface area contributed by atoms with Crippen LogP contribution in [0.25, 0.3) is 0 Å². The number of hydrogen-bond acceptors (Lipinski definition) is 3. The van der Waals surface area contributed by atoms with Gasteiger partial charge in [0.15, 0.2) is 0 Å². The monoisotopic (exact) mass is 275 g/mol. The average molecular weight is 275 g/mol.